The van der Waals surface area contributed by atoms with Gasteiger partial charge in [-0.15, -0.1) is 0 Å². The molecule has 0 saturated heterocycles. The standard InChI is InChI=1S/C20H42O3/c21-18-15-13-11-9-7-5-3-1-2-4-6-8-10-12-14-16-20(23)17-19-22/h20-23H,1-19H2. The van der Waals surface area contributed by atoms with E-state index in [-0.39, 0.29) is 12.7 Å². The molecule has 3 heteroatoms. The summed E-state index contributed by atoms with van der Waals surface area (Å²) in [5.74, 6) is 0. The van der Waals surface area contributed by atoms with E-state index in [1.165, 1.54) is 83.5 Å². The van der Waals surface area contributed by atoms with Crippen LogP contribution in [0.25, 0.3) is 0 Å². The molecule has 23 heavy (non-hydrogen) atoms. The lowest BCUT2D eigenvalue weighted by Gasteiger charge is -2.08. The van der Waals surface area contributed by atoms with Gasteiger partial charge in [-0.05, 0) is 19.3 Å². The molecule has 3 nitrogen and oxygen atoms in total. The van der Waals surface area contributed by atoms with E-state index in [2.05, 4.69) is 0 Å². The minimum absolute atomic E-state index is 0.102. The average Bonchev–Trinajstić information content (AvgIpc) is 2.54. The third kappa shape index (κ3) is 19.8. The fourth-order valence-electron chi connectivity index (χ4n) is 3.08. The zero-order valence-corrected chi connectivity index (χ0v) is 15.4. The molecule has 0 bridgehead atoms. The van der Waals surface area contributed by atoms with Gasteiger partial charge in [0.05, 0.1) is 6.10 Å². The van der Waals surface area contributed by atoms with E-state index >= 15 is 0 Å². The molecule has 0 aromatic rings. The maximum Gasteiger partial charge on any atom is 0.0562 e. The highest BCUT2D eigenvalue weighted by atomic mass is 16.3. The quantitative estimate of drug-likeness (QED) is 0.293. The molecule has 0 aliphatic heterocycles. The van der Waals surface area contributed by atoms with Crippen LogP contribution in [0.4, 0.5) is 0 Å². The summed E-state index contributed by atoms with van der Waals surface area (Å²) in [6.07, 6.45) is 20.5. The van der Waals surface area contributed by atoms with Crippen LogP contribution in [0.3, 0.4) is 0 Å². The maximum absolute atomic E-state index is 9.49. The predicted octanol–water partition coefficient (Wildman–Crippen LogP) is 4.96. The molecule has 0 radical (unpaired) electrons. The molecule has 0 heterocycles. The fraction of sp³-hybridized carbons (Fsp3) is 1.00. The summed E-state index contributed by atoms with van der Waals surface area (Å²) in [7, 11) is 0. The van der Waals surface area contributed by atoms with Crippen molar-refractivity contribution in [3.8, 4) is 0 Å². The number of aliphatic hydroxyl groups is 3. The van der Waals surface area contributed by atoms with Crippen molar-refractivity contribution in [1.82, 2.24) is 0 Å². The molecule has 0 rings (SSSR count). The zero-order chi connectivity index (χ0) is 17.0. The molecule has 0 aromatic carbocycles. The van der Waals surface area contributed by atoms with E-state index in [0.29, 0.717) is 13.0 Å². The topological polar surface area (TPSA) is 60.7 Å². The van der Waals surface area contributed by atoms with Gasteiger partial charge in [0.2, 0.25) is 0 Å². The van der Waals surface area contributed by atoms with Gasteiger partial charge < -0.3 is 15.3 Å². The van der Waals surface area contributed by atoms with Gasteiger partial charge in [-0.2, -0.15) is 0 Å². The largest absolute Gasteiger partial charge is 0.396 e. The van der Waals surface area contributed by atoms with Crippen molar-refractivity contribution in [2.24, 2.45) is 0 Å². The third-order valence-corrected chi connectivity index (χ3v) is 4.66. The van der Waals surface area contributed by atoms with Crippen LogP contribution in [-0.2, 0) is 0 Å². The molecule has 0 fully saturated rings. The molecule has 0 aliphatic carbocycles. The van der Waals surface area contributed by atoms with Crippen molar-refractivity contribution in [1.29, 1.82) is 0 Å². The van der Waals surface area contributed by atoms with Gasteiger partial charge in [0, 0.05) is 13.2 Å². The van der Waals surface area contributed by atoms with Gasteiger partial charge in [0.1, 0.15) is 0 Å². The second kappa shape index (κ2) is 19.9. The van der Waals surface area contributed by atoms with Gasteiger partial charge in [-0.25, -0.2) is 0 Å². The Hall–Kier alpha value is -0.120. The first-order valence-electron chi connectivity index (χ1n) is 10.2. The zero-order valence-electron chi connectivity index (χ0n) is 15.4. The molecular formula is C20H42O3. The van der Waals surface area contributed by atoms with E-state index in [0.717, 1.165) is 19.3 Å². The Morgan fingerprint density at radius 3 is 1.09 bits per heavy atom. The molecule has 140 valence electrons. The second-order valence-electron chi connectivity index (χ2n) is 6.98. The van der Waals surface area contributed by atoms with Crippen molar-refractivity contribution in [3.05, 3.63) is 0 Å². The highest BCUT2D eigenvalue weighted by molar-refractivity contribution is 4.55. The fourth-order valence-corrected chi connectivity index (χ4v) is 3.08. The molecule has 0 aromatic heterocycles. The summed E-state index contributed by atoms with van der Waals surface area (Å²) in [6.45, 7) is 0.455. The lowest BCUT2D eigenvalue weighted by atomic mass is 10.0. The molecular weight excluding hydrogens is 288 g/mol. The smallest absolute Gasteiger partial charge is 0.0562 e. The number of unbranched alkanes of at least 4 members (excludes halogenated alkanes) is 14. The van der Waals surface area contributed by atoms with E-state index in [1.807, 2.05) is 0 Å². The van der Waals surface area contributed by atoms with Crippen molar-refractivity contribution in [2.45, 2.75) is 115 Å². The van der Waals surface area contributed by atoms with Crippen LogP contribution >= 0.6 is 0 Å². The first-order valence-corrected chi connectivity index (χ1v) is 10.2. The highest BCUT2D eigenvalue weighted by Crippen LogP contribution is 2.14. The maximum atomic E-state index is 9.49. The predicted molar refractivity (Wildman–Crippen MR) is 98.7 cm³/mol. The number of hydrogen-bond acceptors (Lipinski definition) is 3. The van der Waals surface area contributed by atoms with Gasteiger partial charge in [-0.1, -0.05) is 89.9 Å². The molecule has 3 N–H and O–H groups in total. The average molecular weight is 331 g/mol. The van der Waals surface area contributed by atoms with Gasteiger partial charge >= 0.3 is 0 Å². The van der Waals surface area contributed by atoms with Crippen LogP contribution < -0.4 is 0 Å². The Morgan fingerprint density at radius 1 is 0.391 bits per heavy atom. The van der Waals surface area contributed by atoms with Crippen LogP contribution in [0.1, 0.15) is 109 Å². The number of hydrogen-bond donors (Lipinski definition) is 3. The Labute approximate surface area is 144 Å². The summed E-state index contributed by atoms with van der Waals surface area (Å²) in [5, 5.41) is 26.9. The first-order chi connectivity index (χ1) is 11.3. The monoisotopic (exact) mass is 330 g/mol. The summed E-state index contributed by atoms with van der Waals surface area (Å²) in [4.78, 5) is 0. The molecule has 0 amide bonds. The Morgan fingerprint density at radius 2 is 0.739 bits per heavy atom. The second-order valence-corrected chi connectivity index (χ2v) is 6.98. The minimum Gasteiger partial charge on any atom is -0.396 e. The van der Waals surface area contributed by atoms with E-state index in [1.54, 1.807) is 0 Å². The first kappa shape index (κ1) is 22.9. The summed E-state index contributed by atoms with van der Waals surface area (Å²) >= 11 is 0. The van der Waals surface area contributed by atoms with Crippen molar-refractivity contribution < 1.29 is 15.3 Å². The molecule has 0 aliphatic rings. The van der Waals surface area contributed by atoms with Crippen molar-refractivity contribution in [3.63, 3.8) is 0 Å². The highest BCUT2D eigenvalue weighted by Gasteiger charge is 2.02. The van der Waals surface area contributed by atoms with Gasteiger partial charge in [-0.3, -0.25) is 0 Å². The Bertz CT molecular complexity index is 209. The molecule has 0 saturated carbocycles. The summed E-state index contributed by atoms with van der Waals surface area (Å²) < 4.78 is 0. The van der Waals surface area contributed by atoms with E-state index in [4.69, 9.17) is 10.2 Å². The van der Waals surface area contributed by atoms with Crippen LogP contribution in [0.5, 0.6) is 0 Å². The van der Waals surface area contributed by atoms with Crippen LogP contribution in [0.2, 0.25) is 0 Å². The molecule has 0 spiro atoms. The molecule has 1 atom stereocenters. The third-order valence-electron chi connectivity index (χ3n) is 4.66. The van der Waals surface area contributed by atoms with Crippen molar-refractivity contribution >= 4 is 0 Å². The summed E-state index contributed by atoms with van der Waals surface area (Å²) in [5.41, 5.74) is 0. The summed E-state index contributed by atoms with van der Waals surface area (Å²) in [6, 6.07) is 0. The lowest BCUT2D eigenvalue weighted by molar-refractivity contribution is 0.122. The van der Waals surface area contributed by atoms with Gasteiger partial charge in [0.25, 0.3) is 0 Å². The van der Waals surface area contributed by atoms with Crippen LogP contribution in [0, 0.1) is 0 Å². The Balaban J connectivity index is 3.00. The number of rotatable bonds is 19. The number of aliphatic hydroxyl groups excluding tert-OH is 3. The molecule has 1 unspecified atom stereocenters. The van der Waals surface area contributed by atoms with Crippen LogP contribution in [-0.4, -0.2) is 34.6 Å². The van der Waals surface area contributed by atoms with Crippen molar-refractivity contribution in [2.75, 3.05) is 13.2 Å². The van der Waals surface area contributed by atoms with Crippen LogP contribution in [0.15, 0.2) is 0 Å². The Kier molecular flexibility index (Phi) is 19.8. The van der Waals surface area contributed by atoms with E-state index in [9.17, 15) is 5.11 Å². The van der Waals surface area contributed by atoms with E-state index < -0.39 is 0 Å². The normalized spacial score (nSPS) is 12.7. The minimum atomic E-state index is -0.297. The SMILES string of the molecule is OCCCCCCCCCCCCCCCCCC(O)CCO. The van der Waals surface area contributed by atoms with Gasteiger partial charge in [0.15, 0.2) is 0 Å². The lowest BCUT2D eigenvalue weighted by Crippen LogP contribution is -2.08.